The quantitative estimate of drug-likeness (QED) is 0.451. The Morgan fingerprint density at radius 1 is 1.35 bits per heavy atom. The first-order valence-corrected chi connectivity index (χ1v) is 5.89. The monoisotopic (exact) mass is 246 g/mol. The minimum absolute atomic E-state index is 0.315. The largest absolute Gasteiger partial charge is 0.439 e. The summed E-state index contributed by atoms with van der Waals surface area (Å²) in [6.45, 7) is 10.1. The Balaban J connectivity index is 2.01. The van der Waals surface area contributed by atoms with Crippen LogP contribution in [0.25, 0.3) is 0 Å². The molecule has 1 aliphatic heterocycles. The van der Waals surface area contributed by atoms with E-state index in [1.165, 1.54) is 0 Å². The molecule has 1 N–H and O–H groups in total. The van der Waals surface area contributed by atoms with Gasteiger partial charge in [-0.2, -0.15) is 4.89 Å². The predicted octanol–water partition coefficient (Wildman–Crippen LogP) is 0.775. The lowest BCUT2D eigenvalue weighted by atomic mass is 10.1. The summed E-state index contributed by atoms with van der Waals surface area (Å²) >= 11 is 0. The van der Waals surface area contributed by atoms with Gasteiger partial charge in [0.25, 0.3) is 0 Å². The van der Waals surface area contributed by atoms with E-state index >= 15 is 0 Å². The highest BCUT2D eigenvalue weighted by molar-refractivity contribution is 5.67. The van der Waals surface area contributed by atoms with Crippen LogP contribution >= 0.6 is 0 Å². The van der Waals surface area contributed by atoms with Gasteiger partial charge in [0.1, 0.15) is 6.61 Å². The van der Waals surface area contributed by atoms with E-state index in [9.17, 15) is 4.79 Å². The number of rotatable bonds is 4. The third kappa shape index (κ3) is 7.14. The Labute approximate surface area is 102 Å². The van der Waals surface area contributed by atoms with Crippen LogP contribution in [0.15, 0.2) is 0 Å². The SMILES string of the molecule is CC(C)(C)NC(=O)OOCCN1CCOCC1. The highest BCUT2D eigenvalue weighted by Gasteiger charge is 2.15. The lowest BCUT2D eigenvalue weighted by Crippen LogP contribution is -2.41. The van der Waals surface area contributed by atoms with Crippen LogP contribution in [0.5, 0.6) is 0 Å². The zero-order chi connectivity index (χ0) is 12.7. The molecule has 0 unspecified atom stereocenters. The van der Waals surface area contributed by atoms with Gasteiger partial charge in [0.2, 0.25) is 0 Å². The summed E-state index contributed by atoms with van der Waals surface area (Å²) in [5.41, 5.74) is -0.315. The minimum Gasteiger partial charge on any atom is -0.379 e. The molecule has 0 aliphatic carbocycles. The van der Waals surface area contributed by atoms with Crippen LogP contribution in [0.2, 0.25) is 0 Å². The smallest absolute Gasteiger partial charge is 0.379 e. The third-order valence-corrected chi connectivity index (χ3v) is 2.21. The van der Waals surface area contributed by atoms with Crippen molar-refractivity contribution >= 4 is 6.09 Å². The number of ether oxygens (including phenoxy) is 1. The van der Waals surface area contributed by atoms with Crippen LogP contribution in [0.3, 0.4) is 0 Å². The highest BCUT2D eigenvalue weighted by Crippen LogP contribution is 1.99. The van der Waals surface area contributed by atoms with Crippen LogP contribution in [-0.2, 0) is 14.5 Å². The minimum atomic E-state index is -0.556. The number of morpholine rings is 1. The van der Waals surface area contributed by atoms with Crippen molar-refractivity contribution in [3.8, 4) is 0 Å². The van der Waals surface area contributed by atoms with E-state index in [1.807, 2.05) is 20.8 Å². The highest BCUT2D eigenvalue weighted by atomic mass is 17.2. The number of hydrogen-bond donors (Lipinski definition) is 1. The standard InChI is InChI=1S/C11H22N2O4/c1-11(2,3)12-10(14)17-16-9-6-13-4-7-15-8-5-13/h4-9H2,1-3H3,(H,12,14). The Kier molecular flexibility index (Phi) is 5.67. The van der Waals surface area contributed by atoms with Crippen molar-refractivity contribution in [3.05, 3.63) is 0 Å². The van der Waals surface area contributed by atoms with Crippen LogP contribution in [0.1, 0.15) is 20.8 Å². The maximum Gasteiger partial charge on any atom is 0.439 e. The van der Waals surface area contributed by atoms with E-state index in [1.54, 1.807) is 0 Å². The van der Waals surface area contributed by atoms with Gasteiger partial charge in [0, 0.05) is 25.2 Å². The van der Waals surface area contributed by atoms with Crippen molar-refractivity contribution < 1.29 is 19.3 Å². The fraction of sp³-hybridized carbons (Fsp3) is 0.909. The molecule has 0 bridgehead atoms. The molecule has 6 heteroatoms. The molecule has 0 radical (unpaired) electrons. The Bertz CT molecular complexity index is 234. The maximum atomic E-state index is 11.2. The molecule has 17 heavy (non-hydrogen) atoms. The van der Waals surface area contributed by atoms with Gasteiger partial charge in [-0.3, -0.25) is 9.79 Å². The zero-order valence-corrected chi connectivity index (χ0v) is 10.8. The summed E-state index contributed by atoms with van der Waals surface area (Å²) < 4.78 is 5.22. The van der Waals surface area contributed by atoms with E-state index < -0.39 is 6.09 Å². The fourth-order valence-corrected chi connectivity index (χ4v) is 1.41. The Morgan fingerprint density at radius 3 is 2.59 bits per heavy atom. The first kappa shape index (κ1) is 14.2. The number of nitrogens with zero attached hydrogens (tertiary/aromatic N) is 1. The number of carbonyl (C=O) groups excluding carboxylic acids is 1. The van der Waals surface area contributed by atoms with Crippen molar-refractivity contribution in [3.63, 3.8) is 0 Å². The van der Waals surface area contributed by atoms with E-state index in [2.05, 4.69) is 15.1 Å². The van der Waals surface area contributed by atoms with Gasteiger partial charge in [-0.25, -0.2) is 4.79 Å². The van der Waals surface area contributed by atoms with Crippen molar-refractivity contribution in [2.75, 3.05) is 39.5 Å². The number of nitrogens with one attached hydrogen (secondary N) is 1. The normalized spacial score (nSPS) is 17.8. The van der Waals surface area contributed by atoms with Gasteiger partial charge in [0.05, 0.1) is 13.2 Å². The molecule has 100 valence electrons. The molecule has 0 aromatic carbocycles. The molecule has 6 nitrogen and oxygen atoms in total. The van der Waals surface area contributed by atoms with Gasteiger partial charge >= 0.3 is 6.09 Å². The number of carbonyl (C=O) groups is 1. The average molecular weight is 246 g/mol. The molecule has 0 atom stereocenters. The molecule has 1 amide bonds. The molecule has 1 saturated heterocycles. The summed E-state index contributed by atoms with van der Waals surface area (Å²) in [6.07, 6.45) is -0.556. The number of amides is 1. The molecule has 1 fully saturated rings. The van der Waals surface area contributed by atoms with E-state index in [0.29, 0.717) is 6.61 Å². The van der Waals surface area contributed by atoms with Gasteiger partial charge in [-0.1, -0.05) is 0 Å². The Hall–Kier alpha value is -0.850. The predicted molar refractivity (Wildman–Crippen MR) is 62.6 cm³/mol. The van der Waals surface area contributed by atoms with Crippen molar-refractivity contribution in [2.45, 2.75) is 26.3 Å². The van der Waals surface area contributed by atoms with Crippen molar-refractivity contribution in [1.82, 2.24) is 10.2 Å². The van der Waals surface area contributed by atoms with Crippen LogP contribution in [0.4, 0.5) is 4.79 Å². The van der Waals surface area contributed by atoms with E-state index in [0.717, 1.165) is 32.8 Å². The zero-order valence-electron chi connectivity index (χ0n) is 10.8. The fourth-order valence-electron chi connectivity index (χ4n) is 1.41. The van der Waals surface area contributed by atoms with Crippen molar-refractivity contribution in [2.24, 2.45) is 0 Å². The van der Waals surface area contributed by atoms with Gasteiger partial charge < -0.3 is 10.1 Å². The molecule has 0 spiro atoms. The first-order valence-electron chi connectivity index (χ1n) is 5.89. The van der Waals surface area contributed by atoms with E-state index in [4.69, 9.17) is 9.62 Å². The molecule has 1 heterocycles. The second kappa shape index (κ2) is 6.78. The molecule has 1 rings (SSSR count). The molecule has 0 aromatic rings. The second-order valence-electron chi connectivity index (χ2n) is 5.02. The third-order valence-electron chi connectivity index (χ3n) is 2.21. The topological polar surface area (TPSA) is 60.0 Å². The summed E-state index contributed by atoms with van der Waals surface area (Å²) in [5.74, 6) is 0. The summed E-state index contributed by atoms with van der Waals surface area (Å²) in [7, 11) is 0. The maximum absolute atomic E-state index is 11.2. The van der Waals surface area contributed by atoms with Crippen molar-refractivity contribution in [1.29, 1.82) is 0 Å². The molecule has 0 aromatic heterocycles. The lowest BCUT2D eigenvalue weighted by Gasteiger charge is -2.26. The Morgan fingerprint density at radius 2 is 2.00 bits per heavy atom. The van der Waals surface area contributed by atoms with Crippen LogP contribution in [0, 0.1) is 0 Å². The molecule has 1 aliphatic rings. The summed E-state index contributed by atoms with van der Waals surface area (Å²) in [5, 5.41) is 2.64. The van der Waals surface area contributed by atoms with Crippen LogP contribution in [-0.4, -0.2) is 56.0 Å². The molecular formula is C11H22N2O4. The van der Waals surface area contributed by atoms with Gasteiger partial charge in [-0.15, -0.1) is 0 Å². The average Bonchev–Trinajstić information content (AvgIpc) is 2.23. The van der Waals surface area contributed by atoms with Crippen LogP contribution < -0.4 is 5.32 Å². The van der Waals surface area contributed by atoms with Gasteiger partial charge in [0.15, 0.2) is 0 Å². The first-order chi connectivity index (χ1) is 7.97. The van der Waals surface area contributed by atoms with E-state index in [-0.39, 0.29) is 5.54 Å². The molecule has 0 saturated carbocycles. The lowest BCUT2D eigenvalue weighted by molar-refractivity contribution is -0.241. The molecular weight excluding hydrogens is 224 g/mol. The summed E-state index contributed by atoms with van der Waals surface area (Å²) in [4.78, 5) is 22.9. The summed E-state index contributed by atoms with van der Waals surface area (Å²) in [6, 6.07) is 0. The van der Waals surface area contributed by atoms with Gasteiger partial charge in [-0.05, 0) is 20.8 Å². The number of hydrogen-bond acceptors (Lipinski definition) is 5. The second-order valence-corrected chi connectivity index (χ2v) is 5.02.